The number of hydrogen-bond acceptors (Lipinski definition) is 2. The minimum Gasteiger partial charge on any atom is -0.361 e. The van der Waals surface area contributed by atoms with Crippen LogP contribution in [-0.4, -0.2) is 31.0 Å². The van der Waals surface area contributed by atoms with Gasteiger partial charge in [-0.15, -0.1) is 0 Å². The molecule has 1 heterocycles. The number of carbonyl (C=O) groups is 1. The maximum absolute atomic E-state index is 11.6. The van der Waals surface area contributed by atoms with Gasteiger partial charge in [0.05, 0.1) is 0 Å². The molecule has 0 bridgehead atoms. The van der Waals surface area contributed by atoms with E-state index in [4.69, 9.17) is 0 Å². The SMILES string of the molecule is CNCCNC(=O)CCc1c[nH]c2ccccc12. The highest BCUT2D eigenvalue weighted by Crippen LogP contribution is 2.18. The molecule has 96 valence electrons. The zero-order chi connectivity index (χ0) is 12.8. The van der Waals surface area contributed by atoms with E-state index in [0.717, 1.165) is 18.5 Å². The molecule has 18 heavy (non-hydrogen) atoms. The van der Waals surface area contributed by atoms with Crippen LogP contribution in [0.25, 0.3) is 10.9 Å². The van der Waals surface area contributed by atoms with Crippen LogP contribution in [-0.2, 0) is 11.2 Å². The first-order chi connectivity index (χ1) is 8.81. The van der Waals surface area contributed by atoms with E-state index in [2.05, 4.69) is 21.7 Å². The fourth-order valence-electron chi connectivity index (χ4n) is 2.00. The Balaban J connectivity index is 1.88. The highest BCUT2D eigenvalue weighted by Gasteiger charge is 2.05. The molecule has 0 saturated heterocycles. The summed E-state index contributed by atoms with van der Waals surface area (Å²) in [5, 5.41) is 7.09. The minimum atomic E-state index is 0.107. The van der Waals surface area contributed by atoms with Gasteiger partial charge in [-0.25, -0.2) is 0 Å². The Hall–Kier alpha value is -1.81. The van der Waals surface area contributed by atoms with Crippen LogP contribution >= 0.6 is 0 Å². The lowest BCUT2D eigenvalue weighted by atomic mass is 10.1. The largest absolute Gasteiger partial charge is 0.361 e. The number of amides is 1. The Morgan fingerprint density at radius 3 is 2.94 bits per heavy atom. The Morgan fingerprint density at radius 2 is 2.11 bits per heavy atom. The zero-order valence-corrected chi connectivity index (χ0v) is 10.6. The summed E-state index contributed by atoms with van der Waals surface area (Å²) in [6.45, 7) is 1.49. The summed E-state index contributed by atoms with van der Waals surface area (Å²) in [5.41, 5.74) is 2.33. The Bertz CT molecular complexity index is 518. The van der Waals surface area contributed by atoms with Crippen molar-refractivity contribution in [3.05, 3.63) is 36.0 Å². The molecule has 1 aromatic heterocycles. The number of benzene rings is 1. The van der Waals surface area contributed by atoms with E-state index in [1.165, 1.54) is 10.9 Å². The first kappa shape index (κ1) is 12.6. The predicted octanol–water partition coefficient (Wildman–Crippen LogP) is 1.44. The van der Waals surface area contributed by atoms with Crippen molar-refractivity contribution in [3.63, 3.8) is 0 Å². The molecular formula is C14H19N3O. The normalized spacial score (nSPS) is 10.7. The third-order valence-electron chi connectivity index (χ3n) is 2.99. The highest BCUT2D eigenvalue weighted by atomic mass is 16.1. The molecular weight excluding hydrogens is 226 g/mol. The number of aromatic nitrogens is 1. The molecule has 0 atom stereocenters. The molecule has 3 N–H and O–H groups in total. The van der Waals surface area contributed by atoms with E-state index in [9.17, 15) is 4.79 Å². The van der Waals surface area contributed by atoms with Crippen molar-refractivity contribution in [1.82, 2.24) is 15.6 Å². The van der Waals surface area contributed by atoms with E-state index in [1.807, 2.05) is 31.4 Å². The highest BCUT2D eigenvalue weighted by molar-refractivity contribution is 5.84. The summed E-state index contributed by atoms with van der Waals surface area (Å²) < 4.78 is 0. The average molecular weight is 245 g/mol. The van der Waals surface area contributed by atoms with Gasteiger partial charge in [-0.2, -0.15) is 0 Å². The predicted molar refractivity (Wildman–Crippen MR) is 73.6 cm³/mol. The molecule has 0 radical (unpaired) electrons. The van der Waals surface area contributed by atoms with Crippen LogP contribution in [0.1, 0.15) is 12.0 Å². The van der Waals surface area contributed by atoms with Crippen LogP contribution in [0.3, 0.4) is 0 Å². The van der Waals surface area contributed by atoms with Crippen molar-refractivity contribution in [3.8, 4) is 0 Å². The van der Waals surface area contributed by atoms with Crippen molar-refractivity contribution in [2.45, 2.75) is 12.8 Å². The average Bonchev–Trinajstić information content (AvgIpc) is 2.80. The zero-order valence-electron chi connectivity index (χ0n) is 10.6. The minimum absolute atomic E-state index is 0.107. The number of nitrogens with one attached hydrogen (secondary N) is 3. The number of likely N-dealkylation sites (N-methyl/N-ethyl adjacent to an activating group) is 1. The third-order valence-corrected chi connectivity index (χ3v) is 2.99. The maximum Gasteiger partial charge on any atom is 0.220 e. The molecule has 1 aromatic carbocycles. The second-order valence-electron chi connectivity index (χ2n) is 4.31. The van der Waals surface area contributed by atoms with Crippen molar-refractivity contribution in [2.75, 3.05) is 20.1 Å². The van der Waals surface area contributed by atoms with Crippen LogP contribution in [0.5, 0.6) is 0 Å². The number of aryl methyl sites for hydroxylation is 1. The first-order valence-corrected chi connectivity index (χ1v) is 6.27. The van der Waals surface area contributed by atoms with E-state index in [1.54, 1.807) is 0 Å². The van der Waals surface area contributed by atoms with Gasteiger partial charge >= 0.3 is 0 Å². The molecule has 4 heteroatoms. The van der Waals surface area contributed by atoms with Crippen molar-refractivity contribution < 1.29 is 4.79 Å². The van der Waals surface area contributed by atoms with Gasteiger partial charge in [0.2, 0.25) is 5.91 Å². The quantitative estimate of drug-likeness (QED) is 0.674. The number of rotatable bonds is 6. The standard InChI is InChI=1S/C14H19N3O/c1-15-8-9-16-14(18)7-6-11-10-17-13-5-3-2-4-12(11)13/h2-5,10,15,17H,6-9H2,1H3,(H,16,18). The van der Waals surface area contributed by atoms with Crippen LogP contribution in [0.2, 0.25) is 0 Å². The first-order valence-electron chi connectivity index (χ1n) is 6.27. The Labute approximate surface area is 107 Å². The monoisotopic (exact) mass is 245 g/mol. The molecule has 0 saturated carbocycles. The Morgan fingerprint density at radius 1 is 1.28 bits per heavy atom. The topological polar surface area (TPSA) is 56.9 Å². The second-order valence-corrected chi connectivity index (χ2v) is 4.31. The molecule has 0 spiro atoms. The second kappa shape index (κ2) is 6.21. The fourth-order valence-corrected chi connectivity index (χ4v) is 2.00. The van der Waals surface area contributed by atoms with Gasteiger partial charge in [0.15, 0.2) is 0 Å². The molecule has 2 rings (SSSR count). The number of aromatic amines is 1. The van der Waals surface area contributed by atoms with Crippen molar-refractivity contribution >= 4 is 16.8 Å². The van der Waals surface area contributed by atoms with Crippen molar-refractivity contribution in [2.24, 2.45) is 0 Å². The van der Waals surface area contributed by atoms with Crippen LogP contribution < -0.4 is 10.6 Å². The summed E-state index contributed by atoms with van der Waals surface area (Å²) in [6, 6.07) is 8.16. The lowest BCUT2D eigenvalue weighted by Gasteiger charge is -2.04. The van der Waals surface area contributed by atoms with E-state index in [-0.39, 0.29) is 5.91 Å². The van der Waals surface area contributed by atoms with Gasteiger partial charge in [0.1, 0.15) is 0 Å². The fraction of sp³-hybridized carbons (Fsp3) is 0.357. The lowest BCUT2D eigenvalue weighted by molar-refractivity contribution is -0.121. The van der Waals surface area contributed by atoms with Gasteiger partial charge in [-0.3, -0.25) is 4.79 Å². The molecule has 0 unspecified atom stereocenters. The molecule has 0 aliphatic rings. The molecule has 1 amide bonds. The summed E-state index contributed by atoms with van der Waals surface area (Å²) >= 11 is 0. The number of carbonyl (C=O) groups excluding carboxylic acids is 1. The molecule has 0 aliphatic carbocycles. The van der Waals surface area contributed by atoms with Gasteiger partial charge in [-0.1, -0.05) is 18.2 Å². The molecule has 4 nitrogen and oxygen atoms in total. The molecule has 0 fully saturated rings. The van der Waals surface area contributed by atoms with Gasteiger partial charge in [-0.05, 0) is 25.1 Å². The van der Waals surface area contributed by atoms with Gasteiger partial charge in [0, 0.05) is 36.6 Å². The smallest absolute Gasteiger partial charge is 0.220 e. The number of H-pyrrole nitrogens is 1. The number of hydrogen-bond donors (Lipinski definition) is 3. The van der Waals surface area contributed by atoms with Crippen molar-refractivity contribution in [1.29, 1.82) is 0 Å². The van der Waals surface area contributed by atoms with Gasteiger partial charge < -0.3 is 15.6 Å². The van der Waals surface area contributed by atoms with Crippen LogP contribution in [0, 0.1) is 0 Å². The summed E-state index contributed by atoms with van der Waals surface area (Å²) in [4.78, 5) is 14.8. The lowest BCUT2D eigenvalue weighted by Crippen LogP contribution is -2.30. The molecule has 0 aliphatic heterocycles. The summed E-state index contributed by atoms with van der Waals surface area (Å²) in [6.07, 6.45) is 3.30. The van der Waals surface area contributed by atoms with E-state index < -0.39 is 0 Å². The summed E-state index contributed by atoms with van der Waals surface area (Å²) in [7, 11) is 1.87. The third kappa shape index (κ3) is 3.11. The maximum atomic E-state index is 11.6. The number of para-hydroxylation sites is 1. The summed E-state index contributed by atoms with van der Waals surface area (Å²) in [5.74, 6) is 0.107. The van der Waals surface area contributed by atoms with E-state index in [0.29, 0.717) is 13.0 Å². The molecule has 2 aromatic rings. The van der Waals surface area contributed by atoms with Gasteiger partial charge in [0.25, 0.3) is 0 Å². The Kier molecular flexibility index (Phi) is 4.36. The van der Waals surface area contributed by atoms with E-state index >= 15 is 0 Å². The number of fused-ring (bicyclic) bond motifs is 1. The van der Waals surface area contributed by atoms with Crippen LogP contribution in [0.15, 0.2) is 30.5 Å². The van der Waals surface area contributed by atoms with Crippen LogP contribution in [0.4, 0.5) is 0 Å².